The van der Waals surface area contributed by atoms with Crippen molar-refractivity contribution >= 4 is 18.1 Å². The number of fused-ring (bicyclic) bond motifs is 2. The van der Waals surface area contributed by atoms with Gasteiger partial charge >= 0.3 is 0 Å². The van der Waals surface area contributed by atoms with Crippen molar-refractivity contribution in [1.29, 1.82) is 0 Å². The zero-order chi connectivity index (χ0) is 12.5. The third-order valence-corrected chi connectivity index (χ3v) is 3.19. The molecule has 88 valence electrons. The minimum absolute atomic E-state index is 0.347. The first-order chi connectivity index (χ1) is 8.77. The fourth-order valence-electron chi connectivity index (χ4n) is 2.38. The monoisotopic (exact) mass is 236 g/mol. The number of hydrogen-bond acceptors (Lipinski definition) is 2. The summed E-state index contributed by atoms with van der Waals surface area (Å²) in [6, 6.07) is 11.5. The Morgan fingerprint density at radius 1 is 1.06 bits per heavy atom. The van der Waals surface area contributed by atoms with Gasteiger partial charge in [0.15, 0.2) is 0 Å². The minimum Gasteiger partial charge on any atom is -0.369 e. The average molecular weight is 236 g/mol. The number of rotatable bonds is 1. The lowest BCUT2D eigenvalue weighted by molar-refractivity contribution is -0.118. The quantitative estimate of drug-likeness (QED) is 0.825. The number of amides is 1. The molecule has 2 aromatic rings. The van der Waals surface area contributed by atoms with Crippen LogP contribution < -0.4 is 5.73 Å². The normalized spacial score (nSPS) is 16.6. The molecule has 0 saturated carbocycles. The second kappa shape index (κ2) is 4.11. The molecule has 0 radical (unpaired) electrons. The number of hydrogen-bond donors (Lipinski definition) is 1. The van der Waals surface area contributed by atoms with Crippen molar-refractivity contribution in [2.24, 2.45) is 5.73 Å². The van der Waals surface area contributed by atoms with E-state index in [9.17, 15) is 4.79 Å². The summed E-state index contributed by atoms with van der Waals surface area (Å²) in [5, 5.41) is 0. The topological polar surface area (TPSA) is 56.0 Å². The Hall–Kier alpha value is -2.42. The molecule has 1 aliphatic carbocycles. The molecular formula is C15H12N2O. The third kappa shape index (κ3) is 1.61. The zero-order valence-electron chi connectivity index (χ0n) is 9.71. The van der Waals surface area contributed by atoms with Crippen molar-refractivity contribution in [2.45, 2.75) is 5.92 Å². The van der Waals surface area contributed by atoms with Crippen molar-refractivity contribution < 1.29 is 4.79 Å². The maximum Gasteiger partial charge on any atom is 0.229 e. The van der Waals surface area contributed by atoms with Gasteiger partial charge in [-0.1, -0.05) is 36.4 Å². The summed E-state index contributed by atoms with van der Waals surface area (Å²) in [6.07, 6.45) is 5.62. The highest BCUT2D eigenvalue weighted by atomic mass is 16.1. The van der Waals surface area contributed by atoms with E-state index in [0.29, 0.717) is 0 Å². The molecule has 0 aliphatic heterocycles. The van der Waals surface area contributed by atoms with Crippen molar-refractivity contribution in [2.75, 3.05) is 0 Å². The lowest BCUT2D eigenvalue weighted by Crippen LogP contribution is -2.23. The molecule has 2 N–H and O–H groups in total. The highest BCUT2D eigenvalue weighted by Gasteiger charge is 2.26. The molecule has 1 heterocycles. The molecule has 0 bridgehead atoms. The van der Waals surface area contributed by atoms with Gasteiger partial charge in [0.05, 0.1) is 11.6 Å². The van der Waals surface area contributed by atoms with E-state index in [1.807, 2.05) is 48.6 Å². The number of nitrogens with two attached hydrogens (primary N) is 1. The number of carbonyl (C=O) groups is 1. The molecule has 1 amide bonds. The fourth-order valence-corrected chi connectivity index (χ4v) is 2.38. The molecule has 3 heteroatoms. The van der Waals surface area contributed by atoms with Crippen molar-refractivity contribution in [3.8, 4) is 0 Å². The van der Waals surface area contributed by atoms with Crippen LogP contribution in [0.15, 0.2) is 42.6 Å². The maximum atomic E-state index is 11.8. The molecule has 1 aliphatic rings. The van der Waals surface area contributed by atoms with Crippen LogP contribution in [-0.2, 0) is 4.79 Å². The van der Waals surface area contributed by atoms with Crippen LogP contribution in [0.5, 0.6) is 0 Å². The molecule has 1 aromatic heterocycles. The van der Waals surface area contributed by atoms with Crippen LogP contribution in [0.1, 0.15) is 28.3 Å². The summed E-state index contributed by atoms with van der Waals surface area (Å²) < 4.78 is 0. The standard InChI is InChI=1S/C15H12N2O/c16-15(18)14-11-5-2-1-4-10(11)7-8-13-12(14)6-3-9-17-13/h1-9,14H,(H2,16,18). The smallest absolute Gasteiger partial charge is 0.229 e. The van der Waals surface area contributed by atoms with Gasteiger partial charge in [0.2, 0.25) is 5.91 Å². The Labute approximate surface area is 105 Å². The van der Waals surface area contributed by atoms with Gasteiger partial charge in [-0.2, -0.15) is 0 Å². The van der Waals surface area contributed by atoms with Crippen LogP contribution in [0.25, 0.3) is 12.2 Å². The lowest BCUT2D eigenvalue weighted by Gasteiger charge is -2.16. The van der Waals surface area contributed by atoms with E-state index in [4.69, 9.17) is 5.73 Å². The molecule has 3 nitrogen and oxygen atoms in total. The summed E-state index contributed by atoms with van der Waals surface area (Å²) in [4.78, 5) is 16.1. The molecule has 1 aromatic carbocycles. The van der Waals surface area contributed by atoms with Gasteiger partial charge in [-0.15, -0.1) is 0 Å². The molecule has 0 spiro atoms. The number of pyridine rings is 1. The number of carbonyl (C=O) groups excluding carboxylic acids is 1. The van der Waals surface area contributed by atoms with Crippen molar-refractivity contribution in [3.05, 3.63) is 65.0 Å². The maximum absolute atomic E-state index is 11.8. The van der Waals surface area contributed by atoms with Gasteiger partial charge in [-0.05, 0) is 28.8 Å². The molecule has 0 fully saturated rings. The summed E-state index contributed by atoms with van der Waals surface area (Å²) in [5.74, 6) is -0.778. The van der Waals surface area contributed by atoms with E-state index in [2.05, 4.69) is 4.98 Å². The number of benzene rings is 1. The Balaban J connectivity index is 2.31. The predicted octanol–water partition coefficient (Wildman–Crippen LogP) is 2.18. The third-order valence-electron chi connectivity index (χ3n) is 3.19. The largest absolute Gasteiger partial charge is 0.369 e. The number of primary amides is 1. The van der Waals surface area contributed by atoms with Crippen LogP contribution in [0, 0.1) is 0 Å². The van der Waals surface area contributed by atoms with Gasteiger partial charge in [0.1, 0.15) is 0 Å². The summed E-state index contributed by atoms with van der Waals surface area (Å²) in [7, 11) is 0. The summed E-state index contributed by atoms with van der Waals surface area (Å²) in [5.41, 5.74) is 9.19. The molecule has 18 heavy (non-hydrogen) atoms. The first-order valence-corrected chi connectivity index (χ1v) is 5.78. The van der Waals surface area contributed by atoms with E-state index < -0.39 is 5.92 Å². The van der Waals surface area contributed by atoms with Gasteiger partial charge in [0.25, 0.3) is 0 Å². The van der Waals surface area contributed by atoms with Crippen LogP contribution in [0.4, 0.5) is 0 Å². The molecular weight excluding hydrogens is 224 g/mol. The fraction of sp³-hybridized carbons (Fsp3) is 0.0667. The molecule has 1 atom stereocenters. The molecule has 1 unspecified atom stereocenters. The summed E-state index contributed by atoms with van der Waals surface area (Å²) in [6.45, 7) is 0. The number of nitrogens with zero attached hydrogens (tertiary/aromatic N) is 1. The van der Waals surface area contributed by atoms with Crippen LogP contribution in [-0.4, -0.2) is 10.9 Å². The van der Waals surface area contributed by atoms with Crippen LogP contribution in [0.3, 0.4) is 0 Å². The first-order valence-electron chi connectivity index (χ1n) is 5.78. The second-order valence-corrected chi connectivity index (χ2v) is 4.28. The zero-order valence-corrected chi connectivity index (χ0v) is 9.71. The predicted molar refractivity (Wildman–Crippen MR) is 70.6 cm³/mol. The second-order valence-electron chi connectivity index (χ2n) is 4.28. The lowest BCUT2D eigenvalue weighted by atomic mass is 9.88. The van der Waals surface area contributed by atoms with E-state index in [1.165, 1.54) is 0 Å². The van der Waals surface area contributed by atoms with Crippen molar-refractivity contribution in [1.82, 2.24) is 4.98 Å². The number of aromatic nitrogens is 1. The van der Waals surface area contributed by atoms with Crippen LogP contribution in [0.2, 0.25) is 0 Å². The Kier molecular flexibility index (Phi) is 2.45. The van der Waals surface area contributed by atoms with Gasteiger partial charge in [0, 0.05) is 6.20 Å². The van der Waals surface area contributed by atoms with E-state index in [0.717, 1.165) is 22.4 Å². The average Bonchev–Trinajstić information content (AvgIpc) is 2.55. The van der Waals surface area contributed by atoms with Crippen LogP contribution >= 0.6 is 0 Å². The Morgan fingerprint density at radius 2 is 1.83 bits per heavy atom. The van der Waals surface area contributed by atoms with Gasteiger partial charge < -0.3 is 5.73 Å². The van der Waals surface area contributed by atoms with E-state index in [1.54, 1.807) is 6.20 Å². The molecule has 0 saturated heterocycles. The van der Waals surface area contributed by atoms with Crippen molar-refractivity contribution in [3.63, 3.8) is 0 Å². The first kappa shape index (κ1) is 10.7. The Morgan fingerprint density at radius 3 is 2.67 bits per heavy atom. The minimum atomic E-state index is -0.431. The molecule has 3 rings (SSSR count). The van der Waals surface area contributed by atoms with Gasteiger partial charge in [-0.3, -0.25) is 9.78 Å². The van der Waals surface area contributed by atoms with Gasteiger partial charge in [-0.25, -0.2) is 0 Å². The van der Waals surface area contributed by atoms with E-state index in [-0.39, 0.29) is 5.91 Å². The van der Waals surface area contributed by atoms with E-state index >= 15 is 0 Å². The summed E-state index contributed by atoms with van der Waals surface area (Å²) >= 11 is 0. The highest BCUT2D eigenvalue weighted by molar-refractivity contribution is 5.90. The highest BCUT2D eigenvalue weighted by Crippen LogP contribution is 2.33. The SMILES string of the molecule is NC(=O)C1c2ccccc2C=Cc2ncccc21. The Bertz CT molecular complexity index is 597.